The highest BCUT2D eigenvalue weighted by molar-refractivity contribution is 5.88. The highest BCUT2D eigenvalue weighted by atomic mass is 16.7. The standard InChI is InChI=1S/C38H42O18/c1-18-31(47)32(48)33(49)38(53-18)56-36-34(50)37(51-13-12-21-4-9-24(41)27(44)16-21)54-28(17-52-29(45)10-5-19-2-7-22(39)25(42)14-19)35(36)55-30(46)11-6-20-3-8-23(40)26(43)15-20/h2-11,14-16,18,28,31-44,47-50H,12-13,17H2,1H3/t18-,28+,31-,32+,33+,34+,35+,36+,37+,38+/m0/s1. The summed E-state index contributed by atoms with van der Waals surface area (Å²) in [6, 6.07) is 11.6. The molecule has 0 aliphatic carbocycles. The zero-order valence-corrected chi connectivity index (χ0v) is 29.6. The van der Waals surface area contributed by atoms with Crippen molar-refractivity contribution in [3.05, 3.63) is 83.4 Å². The number of carbonyl (C=O) groups excluding carboxylic acids is 2. The van der Waals surface area contributed by atoms with Gasteiger partial charge in [0.15, 0.2) is 53.2 Å². The Morgan fingerprint density at radius 2 is 1.21 bits per heavy atom. The van der Waals surface area contributed by atoms with Gasteiger partial charge in [0.1, 0.15) is 43.2 Å². The fraction of sp³-hybridized carbons (Fsp3) is 0.368. The SMILES string of the molecule is C[C@@H]1O[C@H](O[C@@H]2[C@@H](O)[C@H](OCCc3ccc(O)c(O)c3)O[C@H](COC(=O)C=Cc3ccc(O)c(O)c3)[C@H]2OC(=O)C=Cc2ccc(O)c(O)c2)[C@H](O)[C@H](O)[C@H]1O. The predicted molar refractivity (Wildman–Crippen MR) is 190 cm³/mol. The fourth-order valence-electron chi connectivity index (χ4n) is 5.76. The molecular weight excluding hydrogens is 744 g/mol. The summed E-state index contributed by atoms with van der Waals surface area (Å²) in [5, 5.41) is 101. The Kier molecular flexibility index (Phi) is 13.8. The molecule has 3 aromatic carbocycles. The van der Waals surface area contributed by atoms with E-state index in [-0.39, 0.29) is 35.8 Å². The zero-order valence-electron chi connectivity index (χ0n) is 29.6. The normalized spacial score (nSPS) is 28.0. The van der Waals surface area contributed by atoms with Gasteiger partial charge in [-0.05, 0) is 78.6 Å². The smallest absolute Gasteiger partial charge is 0.331 e. The Morgan fingerprint density at radius 1 is 0.643 bits per heavy atom. The number of phenols is 6. The first-order chi connectivity index (χ1) is 26.6. The van der Waals surface area contributed by atoms with Gasteiger partial charge < -0.3 is 79.5 Å². The van der Waals surface area contributed by atoms with Gasteiger partial charge in [-0.3, -0.25) is 0 Å². The number of aromatic hydroxyl groups is 6. The molecule has 2 saturated heterocycles. The van der Waals surface area contributed by atoms with Crippen LogP contribution in [-0.4, -0.2) is 138 Å². The second-order valence-corrected chi connectivity index (χ2v) is 13.0. The van der Waals surface area contributed by atoms with E-state index in [9.17, 15) is 60.7 Å². The average Bonchev–Trinajstić information content (AvgIpc) is 3.16. The molecule has 2 heterocycles. The lowest BCUT2D eigenvalue weighted by molar-refractivity contribution is -0.357. The van der Waals surface area contributed by atoms with E-state index in [0.29, 0.717) is 11.1 Å². The quantitative estimate of drug-likeness (QED) is 0.0647. The van der Waals surface area contributed by atoms with Crippen molar-refractivity contribution in [1.82, 2.24) is 0 Å². The largest absolute Gasteiger partial charge is 0.504 e. The van der Waals surface area contributed by atoms with Gasteiger partial charge in [0.25, 0.3) is 0 Å². The van der Waals surface area contributed by atoms with E-state index in [1.165, 1.54) is 67.6 Å². The first-order valence-corrected chi connectivity index (χ1v) is 17.2. The highest BCUT2D eigenvalue weighted by Gasteiger charge is 2.52. The highest BCUT2D eigenvalue weighted by Crippen LogP contribution is 2.33. The molecule has 0 unspecified atom stereocenters. The maximum Gasteiger partial charge on any atom is 0.331 e. The molecule has 0 aromatic heterocycles. The lowest BCUT2D eigenvalue weighted by atomic mass is 9.97. The first-order valence-electron chi connectivity index (χ1n) is 17.2. The Hall–Kier alpha value is -5.44. The van der Waals surface area contributed by atoms with Gasteiger partial charge in [-0.1, -0.05) is 18.2 Å². The van der Waals surface area contributed by atoms with Crippen molar-refractivity contribution in [2.24, 2.45) is 0 Å². The topological polar surface area (TPSA) is 292 Å². The minimum absolute atomic E-state index is 0.130. The third-order valence-electron chi connectivity index (χ3n) is 8.89. The van der Waals surface area contributed by atoms with Crippen molar-refractivity contribution in [2.75, 3.05) is 13.2 Å². The molecule has 10 N–H and O–H groups in total. The Labute approximate surface area is 318 Å². The molecular formula is C38H42O18. The monoisotopic (exact) mass is 786 g/mol. The van der Waals surface area contributed by atoms with Crippen LogP contribution in [0.4, 0.5) is 0 Å². The predicted octanol–water partition coefficient (Wildman–Crippen LogP) is 0.660. The van der Waals surface area contributed by atoms with Crippen LogP contribution >= 0.6 is 0 Å². The van der Waals surface area contributed by atoms with Crippen LogP contribution in [0.15, 0.2) is 66.7 Å². The van der Waals surface area contributed by atoms with Crippen LogP contribution in [-0.2, 0) is 44.4 Å². The number of aliphatic hydroxyl groups excluding tert-OH is 4. The molecule has 302 valence electrons. The summed E-state index contributed by atoms with van der Waals surface area (Å²) in [6.07, 6.45) is -11.6. The number of phenolic OH excluding ortho intramolecular Hbond substituents is 6. The summed E-state index contributed by atoms with van der Waals surface area (Å²) in [4.78, 5) is 26.1. The third-order valence-corrected chi connectivity index (χ3v) is 8.89. The molecule has 0 amide bonds. The first kappa shape index (κ1) is 41.7. The number of ether oxygens (including phenoxy) is 6. The number of carbonyl (C=O) groups is 2. The van der Waals surface area contributed by atoms with E-state index in [4.69, 9.17) is 28.4 Å². The van der Waals surface area contributed by atoms with E-state index in [1.54, 1.807) is 0 Å². The molecule has 5 rings (SSSR count). The van der Waals surface area contributed by atoms with E-state index >= 15 is 0 Å². The molecule has 2 aliphatic heterocycles. The second kappa shape index (κ2) is 18.5. The van der Waals surface area contributed by atoms with Gasteiger partial charge >= 0.3 is 11.9 Å². The van der Waals surface area contributed by atoms with E-state index in [0.717, 1.165) is 18.2 Å². The fourth-order valence-corrected chi connectivity index (χ4v) is 5.76. The molecule has 0 radical (unpaired) electrons. The summed E-state index contributed by atoms with van der Waals surface area (Å²) >= 11 is 0. The molecule has 2 aliphatic rings. The van der Waals surface area contributed by atoms with Crippen LogP contribution < -0.4 is 0 Å². The van der Waals surface area contributed by atoms with Crippen LogP contribution in [0.3, 0.4) is 0 Å². The van der Waals surface area contributed by atoms with E-state index < -0.39 is 97.2 Å². The Balaban J connectivity index is 1.41. The number of benzene rings is 3. The Morgan fingerprint density at radius 3 is 1.80 bits per heavy atom. The van der Waals surface area contributed by atoms with Crippen molar-refractivity contribution in [2.45, 2.75) is 74.8 Å². The maximum atomic E-state index is 13.3. The molecule has 56 heavy (non-hydrogen) atoms. The zero-order chi connectivity index (χ0) is 40.7. The van der Waals surface area contributed by atoms with Gasteiger partial charge in [-0.15, -0.1) is 0 Å². The molecule has 18 nitrogen and oxygen atoms in total. The van der Waals surface area contributed by atoms with Gasteiger partial charge in [0, 0.05) is 12.2 Å². The van der Waals surface area contributed by atoms with Crippen LogP contribution in [0.2, 0.25) is 0 Å². The van der Waals surface area contributed by atoms with Gasteiger partial charge in [0.05, 0.1) is 12.7 Å². The molecule has 10 atom stereocenters. The van der Waals surface area contributed by atoms with Crippen molar-refractivity contribution >= 4 is 24.1 Å². The average molecular weight is 787 g/mol. The lowest BCUT2D eigenvalue weighted by Crippen LogP contribution is -2.65. The molecule has 3 aromatic rings. The van der Waals surface area contributed by atoms with E-state index in [2.05, 4.69) is 0 Å². The summed E-state index contributed by atoms with van der Waals surface area (Å²) in [7, 11) is 0. The molecule has 0 saturated carbocycles. The van der Waals surface area contributed by atoms with E-state index in [1.807, 2.05) is 0 Å². The van der Waals surface area contributed by atoms with Crippen molar-refractivity contribution < 1.29 is 89.1 Å². The number of aliphatic hydroxyl groups is 4. The van der Waals surface area contributed by atoms with Crippen LogP contribution in [0, 0.1) is 0 Å². The van der Waals surface area contributed by atoms with Crippen molar-refractivity contribution in [3.63, 3.8) is 0 Å². The molecule has 0 spiro atoms. The van der Waals surface area contributed by atoms with Crippen molar-refractivity contribution in [3.8, 4) is 34.5 Å². The Bertz CT molecular complexity index is 1900. The van der Waals surface area contributed by atoms with Gasteiger partial charge in [-0.2, -0.15) is 0 Å². The lowest BCUT2D eigenvalue weighted by Gasteiger charge is -2.46. The summed E-state index contributed by atoms with van der Waals surface area (Å²) in [6.45, 7) is 0.564. The molecule has 0 bridgehead atoms. The maximum absolute atomic E-state index is 13.3. The summed E-state index contributed by atoms with van der Waals surface area (Å²) < 4.78 is 34.4. The second-order valence-electron chi connectivity index (χ2n) is 13.0. The van der Waals surface area contributed by atoms with Gasteiger partial charge in [0.2, 0.25) is 0 Å². The van der Waals surface area contributed by atoms with Crippen LogP contribution in [0.25, 0.3) is 12.2 Å². The summed E-state index contributed by atoms with van der Waals surface area (Å²) in [5.74, 6) is -4.39. The number of hydrogen-bond donors (Lipinski definition) is 10. The van der Waals surface area contributed by atoms with Gasteiger partial charge in [-0.25, -0.2) is 9.59 Å². The number of esters is 2. The van der Waals surface area contributed by atoms with Crippen LogP contribution in [0.1, 0.15) is 23.6 Å². The van der Waals surface area contributed by atoms with Crippen LogP contribution in [0.5, 0.6) is 34.5 Å². The van der Waals surface area contributed by atoms with Crippen molar-refractivity contribution in [1.29, 1.82) is 0 Å². The molecule has 2 fully saturated rings. The minimum Gasteiger partial charge on any atom is -0.504 e. The molecule has 18 heteroatoms. The third kappa shape index (κ3) is 10.4. The number of hydrogen-bond acceptors (Lipinski definition) is 18. The minimum atomic E-state index is -1.86. The number of rotatable bonds is 13. The summed E-state index contributed by atoms with van der Waals surface area (Å²) in [5.41, 5.74) is 1.13.